The summed E-state index contributed by atoms with van der Waals surface area (Å²) in [6, 6.07) is 0. The van der Waals surface area contributed by atoms with Crippen LogP contribution in [0, 0.1) is 0 Å². The highest BCUT2D eigenvalue weighted by Crippen LogP contribution is 2.13. The largest absolute Gasteiger partial charge is 0.579 e. The van der Waals surface area contributed by atoms with Crippen molar-refractivity contribution in [2.24, 2.45) is 0 Å². The van der Waals surface area contributed by atoms with Gasteiger partial charge in [-0.3, -0.25) is 4.79 Å². The van der Waals surface area contributed by atoms with Gasteiger partial charge in [-0.1, -0.05) is 12.7 Å². The molecule has 0 aromatic rings. The number of carbonyl (C=O) groups excluding carboxylic acids is 1. The molecular weight excluding hydrogens is 200 g/mol. The van der Waals surface area contributed by atoms with Gasteiger partial charge in [-0.15, -0.1) is 6.58 Å². The third kappa shape index (κ3) is 2.88. The second-order valence-electron chi connectivity index (χ2n) is 2.67. The Kier molecular flexibility index (Phi) is 5.55. The second kappa shape index (κ2) is 5.87. The second-order valence-corrected chi connectivity index (χ2v) is 5.35. The summed E-state index contributed by atoms with van der Waals surface area (Å²) in [6.07, 6.45) is 1.53. The summed E-state index contributed by atoms with van der Waals surface area (Å²) in [6.45, 7) is 8.85. The molecule has 14 heavy (non-hydrogen) atoms. The molecule has 4 nitrogen and oxygen atoms in total. The van der Waals surface area contributed by atoms with E-state index in [1.165, 1.54) is 20.3 Å². The first kappa shape index (κ1) is 13.2. The van der Waals surface area contributed by atoms with Crippen LogP contribution in [0.2, 0.25) is 0 Å². The summed E-state index contributed by atoms with van der Waals surface area (Å²) in [5.41, 5.74) is 0.365. The molecule has 0 aromatic carbocycles. The standard InChI is InChI=1S/C9H16O4Si/c1-6-7-13-14(11-4,12-5)9(10)8(2)3/h6H,1-2,7H2,3-5H3. The van der Waals surface area contributed by atoms with E-state index in [-0.39, 0.29) is 12.0 Å². The summed E-state index contributed by atoms with van der Waals surface area (Å²) in [5.74, 6) is 0. The van der Waals surface area contributed by atoms with Gasteiger partial charge in [-0.25, -0.2) is 0 Å². The maximum Gasteiger partial charge on any atom is 0.579 e. The van der Waals surface area contributed by atoms with Gasteiger partial charge >= 0.3 is 8.80 Å². The Morgan fingerprint density at radius 3 is 2.21 bits per heavy atom. The molecule has 0 N–H and O–H groups in total. The molecule has 80 valence electrons. The molecular formula is C9H16O4Si. The Hall–Kier alpha value is -0.753. The van der Waals surface area contributed by atoms with Crippen molar-refractivity contribution in [1.29, 1.82) is 0 Å². The van der Waals surface area contributed by atoms with Crippen LogP contribution in [0.25, 0.3) is 0 Å². The molecule has 0 fully saturated rings. The Morgan fingerprint density at radius 1 is 1.43 bits per heavy atom. The first-order chi connectivity index (χ1) is 6.54. The van der Waals surface area contributed by atoms with Crippen molar-refractivity contribution >= 4 is 14.2 Å². The first-order valence-electron chi connectivity index (χ1n) is 4.09. The monoisotopic (exact) mass is 216 g/mol. The lowest BCUT2D eigenvalue weighted by atomic mass is 10.4. The van der Waals surface area contributed by atoms with Crippen molar-refractivity contribution in [2.75, 3.05) is 20.8 Å². The average molecular weight is 216 g/mol. The van der Waals surface area contributed by atoms with Crippen LogP contribution < -0.4 is 0 Å². The molecule has 0 unspecified atom stereocenters. The van der Waals surface area contributed by atoms with Crippen molar-refractivity contribution in [3.05, 3.63) is 24.8 Å². The highest BCUT2D eigenvalue weighted by Gasteiger charge is 2.48. The fourth-order valence-corrected chi connectivity index (χ4v) is 2.65. The fourth-order valence-electron chi connectivity index (χ4n) is 0.882. The Bertz CT molecular complexity index is 233. The zero-order valence-corrected chi connectivity index (χ0v) is 9.83. The van der Waals surface area contributed by atoms with Crippen LogP contribution in [0.1, 0.15) is 6.92 Å². The van der Waals surface area contributed by atoms with Gasteiger partial charge in [0, 0.05) is 14.2 Å². The third-order valence-electron chi connectivity index (χ3n) is 1.59. The van der Waals surface area contributed by atoms with E-state index < -0.39 is 8.80 Å². The lowest BCUT2D eigenvalue weighted by Gasteiger charge is -2.23. The molecule has 0 radical (unpaired) electrons. The lowest BCUT2D eigenvalue weighted by molar-refractivity contribution is -0.115. The van der Waals surface area contributed by atoms with Gasteiger partial charge in [0.2, 0.25) is 5.41 Å². The maximum atomic E-state index is 11.7. The van der Waals surface area contributed by atoms with E-state index in [1.807, 2.05) is 0 Å². The molecule has 0 aliphatic heterocycles. The van der Waals surface area contributed by atoms with Gasteiger partial charge < -0.3 is 13.3 Å². The van der Waals surface area contributed by atoms with Gasteiger partial charge in [0.25, 0.3) is 0 Å². The van der Waals surface area contributed by atoms with Crippen LogP contribution in [0.4, 0.5) is 0 Å². The summed E-state index contributed by atoms with van der Waals surface area (Å²) in [5, 5.41) is -0.302. The number of hydrogen-bond acceptors (Lipinski definition) is 4. The van der Waals surface area contributed by atoms with E-state index in [4.69, 9.17) is 13.3 Å². The highest BCUT2D eigenvalue weighted by molar-refractivity contribution is 6.94. The Labute approximate surface area is 85.5 Å². The Balaban J connectivity index is 4.76. The average Bonchev–Trinajstić information content (AvgIpc) is 2.19. The maximum absolute atomic E-state index is 11.7. The number of hydrogen-bond donors (Lipinski definition) is 0. The first-order valence-corrected chi connectivity index (χ1v) is 5.82. The van der Waals surface area contributed by atoms with Crippen LogP contribution in [0.15, 0.2) is 24.8 Å². The molecule has 5 heteroatoms. The van der Waals surface area contributed by atoms with E-state index in [2.05, 4.69) is 13.2 Å². The van der Waals surface area contributed by atoms with E-state index in [9.17, 15) is 4.79 Å². The van der Waals surface area contributed by atoms with Crippen molar-refractivity contribution in [3.63, 3.8) is 0 Å². The van der Waals surface area contributed by atoms with Crippen molar-refractivity contribution in [3.8, 4) is 0 Å². The zero-order valence-electron chi connectivity index (χ0n) is 8.83. The fraction of sp³-hybridized carbons (Fsp3) is 0.444. The van der Waals surface area contributed by atoms with Crippen LogP contribution in [0.3, 0.4) is 0 Å². The quantitative estimate of drug-likeness (QED) is 0.363. The predicted molar refractivity (Wildman–Crippen MR) is 55.7 cm³/mol. The van der Waals surface area contributed by atoms with Crippen LogP contribution in [-0.2, 0) is 18.1 Å². The normalized spacial score (nSPS) is 11.1. The number of rotatable bonds is 7. The van der Waals surface area contributed by atoms with Gasteiger partial charge in [-0.05, 0) is 12.5 Å². The van der Waals surface area contributed by atoms with Gasteiger partial charge in [-0.2, -0.15) is 0 Å². The van der Waals surface area contributed by atoms with Crippen LogP contribution in [0.5, 0.6) is 0 Å². The molecule has 0 aliphatic rings. The summed E-state index contributed by atoms with van der Waals surface area (Å²) in [4.78, 5) is 11.7. The van der Waals surface area contributed by atoms with Gasteiger partial charge in [0.15, 0.2) is 0 Å². The Morgan fingerprint density at radius 2 is 1.93 bits per heavy atom. The molecule has 0 aromatic heterocycles. The molecule has 0 atom stereocenters. The summed E-state index contributed by atoms with van der Waals surface area (Å²) >= 11 is 0. The molecule has 0 rings (SSSR count). The third-order valence-corrected chi connectivity index (χ3v) is 4.20. The van der Waals surface area contributed by atoms with Crippen LogP contribution in [-0.4, -0.2) is 35.0 Å². The molecule has 0 saturated carbocycles. The smallest absolute Gasteiger partial charge is 0.372 e. The van der Waals surface area contributed by atoms with Crippen molar-refractivity contribution in [2.45, 2.75) is 6.92 Å². The number of carbonyl (C=O) groups is 1. The minimum absolute atomic E-state index is 0.215. The van der Waals surface area contributed by atoms with Crippen molar-refractivity contribution in [1.82, 2.24) is 0 Å². The number of allylic oxidation sites excluding steroid dienone is 1. The van der Waals surface area contributed by atoms with E-state index >= 15 is 0 Å². The van der Waals surface area contributed by atoms with E-state index in [0.717, 1.165) is 0 Å². The minimum atomic E-state index is -3.24. The lowest BCUT2D eigenvalue weighted by Crippen LogP contribution is -2.52. The molecule has 0 amide bonds. The summed E-state index contributed by atoms with van der Waals surface area (Å²) in [7, 11) is -0.463. The SMILES string of the molecule is C=CCO[Si](OC)(OC)C(=O)C(=C)C. The topological polar surface area (TPSA) is 44.8 Å². The molecule has 0 spiro atoms. The van der Waals surface area contributed by atoms with Gasteiger partial charge in [0.1, 0.15) is 0 Å². The minimum Gasteiger partial charge on any atom is -0.372 e. The van der Waals surface area contributed by atoms with Crippen LogP contribution >= 0.6 is 0 Å². The van der Waals surface area contributed by atoms with Crippen molar-refractivity contribution < 1.29 is 18.1 Å². The van der Waals surface area contributed by atoms with Gasteiger partial charge in [0.05, 0.1) is 6.61 Å². The van der Waals surface area contributed by atoms with E-state index in [0.29, 0.717) is 5.57 Å². The predicted octanol–water partition coefficient (Wildman–Crippen LogP) is 1.11. The summed E-state index contributed by atoms with van der Waals surface area (Å²) < 4.78 is 15.4. The molecule has 0 bridgehead atoms. The molecule has 0 aliphatic carbocycles. The molecule has 0 heterocycles. The zero-order chi connectivity index (χ0) is 11.2. The molecule has 0 saturated heterocycles. The highest BCUT2D eigenvalue weighted by atomic mass is 28.4. The van der Waals surface area contributed by atoms with E-state index in [1.54, 1.807) is 6.92 Å².